The van der Waals surface area contributed by atoms with Crippen LogP contribution in [0.25, 0.3) is 22.0 Å². The summed E-state index contributed by atoms with van der Waals surface area (Å²) in [4.78, 5) is 16.0. The second-order valence-electron chi connectivity index (χ2n) is 9.10. The lowest BCUT2D eigenvalue weighted by Gasteiger charge is -2.19. The Hall–Kier alpha value is -3.58. The van der Waals surface area contributed by atoms with Gasteiger partial charge in [0.2, 0.25) is 0 Å². The molecule has 0 spiro atoms. The van der Waals surface area contributed by atoms with Crippen LogP contribution < -0.4 is 4.72 Å². The van der Waals surface area contributed by atoms with Crippen molar-refractivity contribution in [2.45, 2.75) is 38.0 Å². The van der Waals surface area contributed by atoms with E-state index in [4.69, 9.17) is 4.74 Å². The van der Waals surface area contributed by atoms with E-state index in [0.29, 0.717) is 22.5 Å². The van der Waals surface area contributed by atoms with Crippen molar-refractivity contribution < 1.29 is 17.9 Å². The zero-order chi connectivity index (χ0) is 24.5. The van der Waals surface area contributed by atoms with Gasteiger partial charge in [-0.2, -0.15) is 0 Å². The van der Waals surface area contributed by atoms with Crippen molar-refractivity contribution in [2.75, 3.05) is 11.3 Å². The number of carbonyl (C=O) groups excluding carboxylic acids is 1. The van der Waals surface area contributed by atoms with E-state index in [2.05, 4.69) is 30.5 Å². The van der Waals surface area contributed by atoms with E-state index in [1.807, 2.05) is 42.5 Å². The molecule has 0 aliphatic heterocycles. The molecule has 0 radical (unpaired) electrons. The van der Waals surface area contributed by atoms with Crippen molar-refractivity contribution in [1.82, 2.24) is 4.98 Å². The van der Waals surface area contributed by atoms with E-state index in [-0.39, 0.29) is 16.9 Å². The smallest absolute Gasteiger partial charge is 0.355 e. The standard InChI is InChI=1S/C27H28N2O4S/c1-5-33-26(30)25-24(18-9-7-6-8-10-18)22-17-20(13-16-23(22)28-25)29-34(31,32)21-14-11-19(12-15-21)27(2,3)4/h6-17,28-29H,5H2,1-4H3. The van der Waals surface area contributed by atoms with Crippen LogP contribution in [-0.2, 0) is 20.2 Å². The number of carbonyl (C=O) groups is 1. The predicted octanol–water partition coefficient (Wildman–Crippen LogP) is 6.11. The molecule has 0 unspecified atom stereocenters. The first-order chi connectivity index (χ1) is 16.1. The third kappa shape index (κ3) is 4.70. The molecule has 0 aliphatic carbocycles. The monoisotopic (exact) mass is 476 g/mol. The van der Waals surface area contributed by atoms with Crippen molar-refractivity contribution in [3.05, 3.63) is 84.1 Å². The maximum Gasteiger partial charge on any atom is 0.355 e. The van der Waals surface area contributed by atoms with E-state index in [1.165, 1.54) is 0 Å². The summed E-state index contributed by atoms with van der Waals surface area (Å²) in [7, 11) is -3.79. The van der Waals surface area contributed by atoms with Gasteiger partial charge in [-0.15, -0.1) is 0 Å². The van der Waals surface area contributed by atoms with Gasteiger partial charge in [-0.1, -0.05) is 63.2 Å². The number of anilines is 1. The second kappa shape index (κ2) is 8.99. The Morgan fingerprint density at radius 1 is 0.971 bits per heavy atom. The first-order valence-corrected chi connectivity index (χ1v) is 12.6. The molecule has 4 aromatic rings. The SMILES string of the molecule is CCOC(=O)c1[nH]c2ccc(NS(=O)(=O)c3ccc(C(C)(C)C)cc3)cc2c1-c1ccccc1. The molecule has 7 heteroatoms. The topological polar surface area (TPSA) is 88.3 Å². The van der Waals surface area contributed by atoms with E-state index in [9.17, 15) is 13.2 Å². The second-order valence-corrected chi connectivity index (χ2v) is 10.8. The Labute approximate surface area is 200 Å². The zero-order valence-electron chi connectivity index (χ0n) is 19.7. The van der Waals surface area contributed by atoms with Gasteiger partial charge < -0.3 is 9.72 Å². The summed E-state index contributed by atoms with van der Waals surface area (Å²) in [5, 5.41) is 0.720. The van der Waals surface area contributed by atoms with Crippen molar-refractivity contribution in [3.63, 3.8) is 0 Å². The minimum absolute atomic E-state index is 0.0699. The van der Waals surface area contributed by atoms with E-state index < -0.39 is 16.0 Å². The lowest BCUT2D eigenvalue weighted by atomic mass is 9.87. The van der Waals surface area contributed by atoms with Gasteiger partial charge in [0.1, 0.15) is 5.69 Å². The maximum atomic E-state index is 13.1. The summed E-state index contributed by atoms with van der Waals surface area (Å²) in [5.74, 6) is -0.460. The Kier molecular flexibility index (Phi) is 6.23. The number of aromatic amines is 1. The lowest BCUT2D eigenvalue weighted by molar-refractivity contribution is 0.0521. The third-order valence-electron chi connectivity index (χ3n) is 5.62. The summed E-state index contributed by atoms with van der Waals surface area (Å²) in [6, 6.07) is 21.5. The van der Waals surface area contributed by atoms with Crippen LogP contribution in [0.4, 0.5) is 5.69 Å². The highest BCUT2D eigenvalue weighted by molar-refractivity contribution is 7.92. The number of hydrogen-bond donors (Lipinski definition) is 2. The lowest BCUT2D eigenvalue weighted by Crippen LogP contribution is -2.14. The molecule has 6 nitrogen and oxygen atoms in total. The molecule has 1 heterocycles. The molecule has 0 fully saturated rings. The Morgan fingerprint density at radius 2 is 1.65 bits per heavy atom. The highest BCUT2D eigenvalue weighted by atomic mass is 32.2. The van der Waals surface area contributed by atoms with Crippen LogP contribution in [-0.4, -0.2) is 26.0 Å². The van der Waals surface area contributed by atoms with Crippen LogP contribution in [0.3, 0.4) is 0 Å². The zero-order valence-corrected chi connectivity index (χ0v) is 20.5. The van der Waals surface area contributed by atoms with Crippen molar-refractivity contribution in [3.8, 4) is 11.1 Å². The number of aromatic nitrogens is 1. The molecule has 2 N–H and O–H groups in total. The van der Waals surface area contributed by atoms with Gasteiger partial charge in [-0.25, -0.2) is 13.2 Å². The number of sulfonamides is 1. The summed E-state index contributed by atoms with van der Waals surface area (Å²) in [5.41, 5.74) is 3.93. The first-order valence-electron chi connectivity index (χ1n) is 11.1. The van der Waals surface area contributed by atoms with E-state index in [0.717, 1.165) is 16.5 Å². The molecule has 0 saturated heterocycles. The summed E-state index contributed by atoms with van der Waals surface area (Å²) < 4.78 is 34.0. The van der Waals surface area contributed by atoms with Gasteiger partial charge in [0.05, 0.1) is 11.5 Å². The van der Waals surface area contributed by atoms with Crippen molar-refractivity contribution in [2.24, 2.45) is 0 Å². The summed E-state index contributed by atoms with van der Waals surface area (Å²) in [6.45, 7) is 8.24. The van der Waals surface area contributed by atoms with E-state index >= 15 is 0 Å². The summed E-state index contributed by atoms with van der Waals surface area (Å²) in [6.07, 6.45) is 0. The fraction of sp³-hybridized carbons (Fsp3) is 0.222. The normalized spacial score (nSPS) is 12.0. The molecule has 4 rings (SSSR count). The predicted molar refractivity (Wildman–Crippen MR) is 136 cm³/mol. The number of benzene rings is 3. The van der Waals surface area contributed by atoms with Crippen molar-refractivity contribution in [1.29, 1.82) is 0 Å². The largest absolute Gasteiger partial charge is 0.461 e. The van der Waals surface area contributed by atoms with E-state index in [1.54, 1.807) is 37.3 Å². The number of esters is 1. The minimum atomic E-state index is -3.79. The van der Waals surface area contributed by atoms with Gasteiger partial charge in [-0.05, 0) is 53.8 Å². The minimum Gasteiger partial charge on any atom is -0.461 e. The van der Waals surface area contributed by atoms with Gasteiger partial charge >= 0.3 is 5.97 Å². The third-order valence-corrected chi connectivity index (χ3v) is 7.02. The average molecular weight is 477 g/mol. The number of nitrogens with one attached hydrogen (secondary N) is 2. The highest BCUT2D eigenvalue weighted by Gasteiger charge is 2.22. The quantitative estimate of drug-likeness (QED) is 0.329. The van der Waals surface area contributed by atoms with Crippen molar-refractivity contribution >= 4 is 32.6 Å². The molecule has 1 aromatic heterocycles. The molecular formula is C27H28N2O4S. The summed E-state index contributed by atoms with van der Waals surface area (Å²) >= 11 is 0. The van der Waals surface area contributed by atoms with Gasteiger partial charge in [0.15, 0.2) is 0 Å². The number of ether oxygens (including phenoxy) is 1. The van der Waals surface area contributed by atoms with Crippen LogP contribution in [0.5, 0.6) is 0 Å². The maximum absolute atomic E-state index is 13.1. The number of rotatable bonds is 6. The molecule has 176 valence electrons. The molecule has 0 bridgehead atoms. The van der Waals surface area contributed by atoms with Gasteiger partial charge in [-0.3, -0.25) is 4.72 Å². The number of H-pyrrole nitrogens is 1. The van der Waals surface area contributed by atoms with Gasteiger partial charge in [0.25, 0.3) is 10.0 Å². The van der Waals surface area contributed by atoms with Crippen LogP contribution in [0.1, 0.15) is 43.7 Å². The molecule has 3 aromatic carbocycles. The van der Waals surface area contributed by atoms with Crippen LogP contribution in [0.2, 0.25) is 0 Å². The Balaban J connectivity index is 1.75. The van der Waals surface area contributed by atoms with Crippen LogP contribution in [0.15, 0.2) is 77.7 Å². The fourth-order valence-electron chi connectivity index (χ4n) is 3.86. The Morgan fingerprint density at radius 3 is 2.26 bits per heavy atom. The fourth-order valence-corrected chi connectivity index (χ4v) is 4.91. The van der Waals surface area contributed by atoms with Gasteiger partial charge in [0, 0.05) is 22.2 Å². The highest BCUT2D eigenvalue weighted by Crippen LogP contribution is 2.35. The van der Waals surface area contributed by atoms with Crippen LogP contribution >= 0.6 is 0 Å². The molecule has 0 aliphatic rings. The number of hydrogen-bond acceptors (Lipinski definition) is 4. The number of fused-ring (bicyclic) bond motifs is 1. The average Bonchev–Trinajstić information content (AvgIpc) is 3.18. The molecule has 0 atom stereocenters. The Bertz CT molecular complexity index is 1430. The molecular weight excluding hydrogens is 448 g/mol. The molecule has 0 amide bonds. The first kappa shape index (κ1) is 23.6. The van der Waals surface area contributed by atoms with Crippen LogP contribution in [0, 0.1) is 0 Å². The molecule has 0 saturated carbocycles. The molecule has 34 heavy (non-hydrogen) atoms.